The number of hydrogen-bond acceptors (Lipinski definition) is 4. The predicted octanol–water partition coefficient (Wildman–Crippen LogP) is -0.468. The fourth-order valence-electron chi connectivity index (χ4n) is 1.53. The van der Waals surface area contributed by atoms with Crippen molar-refractivity contribution in [1.29, 1.82) is 0 Å². The van der Waals surface area contributed by atoms with Crippen LogP contribution in [0.1, 0.15) is 6.92 Å². The lowest BCUT2D eigenvalue weighted by Gasteiger charge is -2.18. The van der Waals surface area contributed by atoms with Crippen LogP contribution in [-0.4, -0.2) is 47.3 Å². The summed E-state index contributed by atoms with van der Waals surface area (Å²) in [5, 5.41) is 6.83. The van der Waals surface area contributed by atoms with Gasteiger partial charge in [0.25, 0.3) is 0 Å². The average molecular weight is 225 g/mol. The molecule has 1 atom stereocenters. The van der Waals surface area contributed by atoms with E-state index in [1.54, 1.807) is 6.20 Å². The Labute approximate surface area is 95.4 Å². The molecule has 0 aliphatic heterocycles. The molecule has 0 bridgehead atoms. The number of hydrogen-bond donors (Lipinski definition) is 2. The molecule has 0 aromatic carbocycles. The second-order valence-corrected chi connectivity index (χ2v) is 4.20. The Morgan fingerprint density at radius 1 is 1.69 bits per heavy atom. The van der Waals surface area contributed by atoms with Gasteiger partial charge in [0.05, 0.1) is 11.9 Å². The van der Waals surface area contributed by atoms with E-state index in [0.717, 1.165) is 6.54 Å². The summed E-state index contributed by atoms with van der Waals surface area (Å²) in [6.07, 6.45) is 3.16. The Hall–Kier alpha value is -1.56. The van der Waals surface area contributed by atoms with Crippen LogP contribution in [0.3, 0.4) is 0 Å². The highest BCUT2D eigenvalue weighted by molar-refractivity contribution is 5.76. The third-order valence-electron chi connectivity index (χ3n) is 2.01. The van der Waals surface area contributed by atoms with E-state index in [1.807, 2.05) is 25.9 Å². The standard InChI is InChI=1S/C10H19N5O/c1-8(5-14(2)3)13-10(16)7-15-6-9(11)4-12-15/h4,6,8H,5,7,11H2,1-3H3,(H,13,16). The van der Waals surface area contributed by atoms with Gasteiger partial charge in [-0.2, -0.15) is 5.10 Å². The van der Waals surface area contributed by atoms with Crippen molar-refractivity contribution in [2.24, 2.45) is 0 Å². The fraction of sp³-hybridized carbons (Fsp3) is 0.600. The molecular formula is C10H19N5O. The average Bonchev–Trinajstić information content (AvgIpc) is 2.48. The van der Waals surface area contributed by atoms with E-state index in [-0.39, 0.29) is 18.5 Å². The number of carbonyl (C=O) groups excluding carboxylic acids is 1. The summed E-state index contributed by atoms with van der Waals surface area (Å²) in [6.45, 7) is 2.98. The molecule has 0 aliphatic rings. The van der Waals surface area contributed by atoms with E-state index in [4.69, 9.17) is 5.73 Å². The van der Waals surface area contributed by atoms with E-state index in [2.05, 4.69) is 10.4 Å². The summed E-state index contributed by atoms with van der Waals surface area (Å²) in [4.78, 5) is 13.6. The third kappa shape index (κ3) is 4.31. The van der Waals surface area contributed by atoms with E-state index < -0.39 is 0 Å². The molecule has 0 fully saturated rings. The zero-order valence-electron chi connectivity index (χ0n) is 9.97. The Morgan fingerprint density at radius 3 is 2.88 bits per heavy atom. The number of carbonyl (C=O) groups is 1. The predicted molar refractivity (Wildman–Crippen MR) is 62.8 cm³/mol. The highest BCUT2D eigenvalue weighted by Crippen LogP contribution is 1.97. The minimum Gasteiger partial charge on any atom is -0.396 e. The van der Waals surface area contributed by atoms with Gasteiger partial charge in [0.2, 0.25) is 5.91 Å². The maximum atomic E-state index is 11.6. The Bertz CT molecular complexity index is 347. The first-order chi connectivity index (χ1) is 7.47. The van der Waals surface area contributed by atoms with Crippen molar-refractivity contribution in [3.63, 3.8) is 0 Å². The van der Waals surface area contributed by atoms with Gasteiger partial charge in [0, 0.05) is 18.8 Å². The summed E-state index contributed by atoms with van der Waals surface area (Å²) < 4.78 is 1.52. The van der Waals surface area contributed by atoms with E-state index in [0.29, 0.717) is 5.69 Å². The highest BCUT2D eigenvalue weighted by atomic mass is 16.2. The number of aromatic nitrogens is 2. The van der Waals surface area contributed by atoms with Crippen LogP contribution in [0.15, 0.2) is 12.4 Å². The molecule has 1 unspecified atom stereocenters. The molecule has 1 amide bonds. The van der Waals surface area contributed by atoms with Gasteiger partial charge in [-0.1, -0.05) is 0 Å². The van der Waals surface area contributed by atoms with Gasteiger partial charge in [-0.05, 0) is 21.0 Å². The molecule has 1 aromatic rings. The lowest BCUT2D eigenvalue weighted by Crippen LogP contribution is -2.41. The monoisotopic (exact) mass is 225 g/mol. The summed E-state index contributed by atoms with van der Waals surface area (Å²) in [5.41, 5.74) is 6.06. The lowest BCUT2D eigenvalue weighted by molar-refractivity contribution is -0.122. The second kappa shape index (κ2) is 5.50. The van der Waals surface area contributed by atoms with E-state index >= 15 is 0 Å². The summed E-state index contributed by atoms with van der Waals surface area (Å²) >= 11 is 0. The molecule has 0 aliphatic carbocycles. The molecule has 1 heterocycles. The van der Waals surface area contributed by atoms with Crippen molar-refractivity contribution in [2.45, 2.75) is 19.5 Å². The number of nitrogens with two attached hydrogens (primary N) is 1. The Morgan fingerprint density at radius 2 is 2.38 bits per heavy atom. The number of nitrogens with one attached hydrogen (secondary N) is 1. The van der Waals surface area contributed by atoms with Crippen LogP contribution in [0.25, 0.3) is 0 Å². The quantitative estimate of drug-likeness (QED) is 0.710. The van der Waals surface area contributed by atoms with Gasteiger partial charge in [0.1, 0.15) is 6.54 Å². The van der Waals surface area contributed by atoms with Gasteiger partial charge in [-0.15, -0.1) is 0 Å². The van der Waals surface area contributed by atoms with Gasteiger partial charge in [-0.25, -0.2) is 0 Å². The summed E-state index contributed by atoms with van der Waals surface area (Å²) in [6, 6.07) is 0.121. The molecule has 16 heavy (non-hydrogen) atoms. The zero-order valence-corrected chi connectivity index (χ0v) is 9.97. The molecular weight excluding hydrogens is 206 g/mol. The normalized spacial score (nSPS) is 12.8. The van der Waals surface area contributed by atoms with Crippen LogP contribution in [0.5, 0.6) is 0 Å². The van der Waals surface area contributed by atoms with Crippen LogP contribution in [0, 0.1) is 0 Å². The van der Waals surface area contributed by atoms with Gasteiger partial charge >= 0.3 is 0 Å². The van der Waals surface area contributed by atoms with E-state index in [9.17, 15) is 4.79 Å². The lowest BCUT2D eigenvalue weighted by atomic mass is 10.3. The number of likely N-dealkylation sites (N-methyl/N-ethyl adjacent to an activating group) is 1. The topological polar surface area (TPSA) is 76.2 Å². The third-order valence-corrected chi connectivity index (χ3v) is 2.01. The number of anilines is 1. The van der Waals surface area contributed by atoms with Crippen molar-refractivity contribution in [2.75, 3.05) is 26.4 Å². The number of nitrogen functional groups attached to an aromatic ring is 1. The summed E-state index contributed by atoms with van der Waals surface area (Å²) in [7, 11) is 3.94. The zero-order chi connectivity index (χ0) is 12.1. The van der Waals surface area contributed by atoms with Crippen molar-refractivity contribution in [3.8, 4) is 0 Å². The molecule has 3 N–H and O–H groups in total. The number of amides is 1. The number of rotatable bonds is 5. The SMILES string of the molecule is CC(CN(C)C)NC(=O)Cn1cc(N)cn1. The molecule has 1 aromatic heterocycles. The Kier molecular flexibility index (Phi) is 4.30. The second-order valence-electron chi connectivity index (χ2n) is 4.20. The minimum atomic E-state index is -0.0579. The minimum absolute atomic E-state index is 0.0579. The van der Waals surface area contributed by atoms with Gasteiger partial charge in [-0.3, -0.25) is 9.48 Å². The van der Waals surface area contributed by atoms with Crippen molar-refractivity contribution in [1.82, 2.24) is 20.0 Å². The van der Waals surface area contributed by atoms with Gasteiger partial charge in [0.15, 0.2) is 0 Å². The van der Waals surface area contributed by atoms with Crippen LogP contribution >= 0.6 is 0 Å². The first kappa shape index (κ1) is 12.5. The van der Waals surface area contributed by atoms with Crippen LogP contribution in [0.2, 0.25) is 0 Å². The van der Waals surface area contributed by atoms with Crippen molar-refractivity contribution >= 4 is 11.6 Å². The molecule has 90 valence electrons. The molecule has 0 spiro atoms. The number of nitrogens with zero attached hydrogens (tertiary/aromatic N) is 3. The first-order valence-electron chi connectivity index (χ1n) is 5.19. The molecule has 6 nitrogen and oxygen atoms in total. The molecule has 1 rings (SSSR count). The molecule has 0 radical (unpaired) electrons. The maximum absolute atomic E-state index is 11.6. The van der Waals surface area contributed by atoms with E-state index in [1.165, 1.54) is 10.9 Å². The molecule has 6 heteroatoms. The smallest absolute Gasteiger partial charge is 0.241 e. The van der Waals surface area contributed by atoms with Crippen LogP contribution < -0.4 is 11.1 Å². The first-order valence-corrected chi connectivity index (χ1v) is 5.19. The fourth-order valence-corrected chi connectivity index (χ4v) is 1.53. The summed E-state index contributed by atoms with van der Waals surface area (Å²) in [5.74, 6) is -0.0579. The largest absolute Gasteiger partial charge is 0.396 e. The molecule has 0 saturated heterocycles. The van der Waals surface area contributed by atoms with Crippen molar-refractivity contribution in [3.05, 3.63) is 12.4 Å². The van der Waals surface area contributed by atoms with Gasteiger partial charge < -0.3 is 16.0 Å². The maximum Gasteiger partial charge on any atom is 0.241 e. The van der Waals surface area contributed by atoms with Crippen molar-refractivity contribution < 1.29 is 4.79 Å². The molecule has 0 saturated carbocycles. The highest BCUT2D eigenvalue weighted by Gasteiger charge is 2.09. The Balaban J connectivity index is 2.36. The van der Waals surface area contributed by atoms with Crippen LogP contribution in [-0.2, 0) is 11.3 Å². The van der Waals surface area contributed by atoms with Crippen LogP contribution in [0.4, 0.5) is 5.69 Å².